The Bertz CT molecular complexity index is 333. The number of aryl methyl sites for hydroxylation is 1. The summed E-state index contributed by atoms with van der Waals surface area (Å²) in [6.07, 6.45) is -4.28. The van der Waals surface area contributed by atoms with Crippen molar-refractivity contribution in [1.29, 1.82) is 0 Å². The molecule has 0 atom stereocenters. The standard InChI is InChI=1S/C8H5BrF3I/c1-4-2-5(8(10,11)12)6(9)3-7(4)13/h2-3H,1H3. The summed E-state index contributed by atoms with van der Waals surface area (Å²) in [6.45, 7) is 1.66. The molecule has 0 aliphatic heterocycles. The molecule has 5 heteroatoms. The predicted molar refractivity (Wildman–Crippen MR) is 56.6 cm³/mol. The highest BCUT2D eigenvalue weighted by Gasteiger charge is 2.33. The van der Waals surface area contributed by atoms with Gasteiger partial charge in [0.15, 0.2) is 0 Å². The van der Waals surface area contributed by atoms with Crippen LogP contribution >= 0.6 is 38.5 Å². The molecule has 0 N–H and O–H groups in total. The van der Waals surface area contributed by atoms with Crippen LogP contribution in [0.5, 0.6) is 0 Å². The number of rotatable bonds is 0. The molecule has 72 valence electrons. The summed E-state index contributed by atoms with van der Waals surface area (Å²) in [4.78, 5) is 0. The topological polar surface area (TPSA) is 0 Å². The zero-order valence-corrected chi connectivity index (χ0v) is 10.3. The number of halogens is 5. The van der Waals surface area contributed by atoms with Crippen LogP contribution in [0.2, 0.25) is 0 Å². The maximum absolute atomic E-state index is 12.3. The van der Waals surface area contributed by atoms with Crippen molar-refractivity contribution in [2.45, 2.75) is 13.1 Å². The average Bonchev–Trinajstić information content (AvgIpc) is 1.94. The summed E-state index contributed by atoms with van der Waals surface area (Å²) in [5, 5.41) is 0. The van der Waals surface area contributed by atoms with Crippen LogP contribution in [-0.2, 0) is 6.18 Å². The van der Waals surface area contributed by atoms with E-state index in [0.717, 1.165) is 9.64 Å². The molecule has 0 saturated carbocycles. The van der Waals surface area contributed by atoms with Gasteiger partial charge >= 0.3 is 6.18 Å². The van der Waals surface area contributed by atoms with Crippen molar-refractivity contribution in [2.24, 2.45) is 0 Å². The number of benzene rings is 1. The Balaban J connectivity index is 3.32. The van der Waals surface area contributed by atoms with E-state index >= 15 is 0 Å². The molecule has 0 aliphatic rings. The van der Waals surface area contributed by atoms with Crippen LogP contribution < -0.4 is 0 Å². The van der Waals surface area contributed by atoms with Crippen LogP contribution in [-0.4, -0.2) is 0 Å². The van der Waals surface area contributed by atoms with Crippen molar-refractivity contribution in [3.05, 3.63) is 31.3 Å². The Hall–Kier alpha value is 0.220. The molecule has 0 heterocycles. The second kappa shape index (κ2) is 3.76. The van der Waals surface area contributed by atoms with E-state index in [1.54, 1.807) is 6.92 Å². The van der Waals surface area contributed by atoms with E-state index in [4.69, 9.17) is 0 Å². The van der Waals surface area contributed by atoms with Crippen LogP contribution in [0.3, 0.4) is 0 Å². The highest BCUT2D eigenvalue weighted by Crippen LogP contribution is 2.36. The highest BCUT2D eigenvalue weighted by molar-refractivity contribution is 14.1. The maximum atomic E-state index is 12.3. The lowest BCUT2D eigenvalue weighted by Gasteiger charge is -2.10. The molecular weight excluding hydrogens is 360 g/mol. The van der Waals surface area contributed by atoms with Gasteiger partial charge in [-0.3, -0.25) is 0 Å². The first-order valence-corrected chi connectivity index (χ1v) is 5.22. The summed E-state index contributed by atoms with van der Waals surface area (Å²) in [7, 11) is 0. The monoisotopic (exact) mass is 364 g/mol. The fraction of sp³-hybridized carbons (Fsp3) is 0.250. The molecule has 0 aromatic heterocycles. The lowest BCUT2D eigenvalue weighted by atomic mass is 10.1. The van der Waals surface area contributed by atoms with Gasteiger partial charge in [0.1, 0.15) is 0 Å². The van der Waals surface area contributed by atoms with Crippen LogP contribution in [0.25, 0.3) is 0 Å². The SMILES string of the molecule is Cc1cc(C(F)(F)F)c(Br)cc1I. The molecule has 0 amide bonds. The summed E-state index contributed by atoms with van der Waals surface area (Å²) in [5.41, 5.74) is 0.0153. The summed E-state index contributed by atoms with van der Waals surface area (Å²) < 4.78 is 37.9. The molecule has 0 radical (unpaired) electrons. The minimum absolute atomic E-state index is 0.0926. The second-order valence-electron chi connectivity index (χ2n) is 2.58. The molecule has 1 aromatic carbocycles. The minimum Gasteiger partial charge on any atom is -0.166 e. The average molecular weight is 365 g/mol. The van der Waals surface area contributed by atoms with Gasteiger partial charge in [-0.15, -0.1) is 0 Å². The normalized spacial score (nSPS) is 11.8. The summed E-state index contributed by atoms with van der Waals surface area (Å²) in [6, 6.07) is 2.62. The van der Waals surface area contributed by atoms with E-state index < -0.39 is 11.7 Å². The molecule has 0 bridgehead atoms. The van der Waals surface area contributed by atoms with Crippen molar-refractivity contribution in [3.63, 3.8) is 0 Å². The van der Waals surface area contributed by atoms with Crippen molar-refractivity contribution in [3.8, 4) is 0 Å². The maximum Gasteiger partial charge on any atom is 0.417 e. The van der Waals surface area contributed by atoms with E-state index in [1.807, 2.05) is 22.6 Å². The first-order valence-electron chi connectivity index (χ1n) is 3.35. The van der Waals surface area contributed by atoms with Crippen molar-refractivity contribution >= 4 is 38.5 Å². The number of alkyl halides is 3. The van der Waals surface area contributed by atoms with Gasteiger partial charge in [-0.1, -0.05) is 15.9 Å². The Labute approximate surface area is 95.8 Å². The predicted octanol–water partition coefficient (Wildman–Crippen LogP) is 4.38. The van der Waals surface area contributed by atoms with Gasteiger partial charge in [-0.25, -0.2) is 0 Å². The van der Waals surface area contributed by atoms with Crippen LogP contribution in [0.4, 0.5) is 13.2 Å². The Morgan fingerprint density at radius 2 is 1.85 bits per heavy atom. The zero-order chi connectivity index (χ0) is 10.2. The van der Waals surface area contributed by atoms with E-state index in [0.29, 0.717) is 5.56 Å². The molecule has 1 aromatic rings. The quantitative estimate of drug-likeness (QED) is 0.599. The third kappa shape index (κ3) is 2.59. The molecular formula is C8H5BrF3I. The van der Waals surface area contributed by atoms with Crippen LogP contribution in [0, 0.1) is 10.5 Å². The van der Waals surface area contributed by atoms with Gasteiger partial charge in [0, 0.05) is 8.04 Å². The Kier molecular flexibility index (Phi) is 3.27. The number of hydrogen-bond acceptors (Lipinski definition) is 0. The van der Waals surface area contributed by atoms with E-state index in [-0.39, 0.29) is 4.47 Å². The summed E-state index contributed by atoms with van der Waals surface area (Å²) >= 11 is 4.89. The molecule has 0 fully saturated rings. The lowest BCUT2D eigenvalue weighted by molar-refractivity contribution is -0.138. The molecule has 0 nitrogen and oxygen atoms in total. The van der Waals surface area contributed by atoms with Crippen molar-refractivity contribution in [2.75, 3.05) is 0 Å². The van der Waals surface area contributed by atoms with Gasteiger partial charge in [0.25, 0.3) is 0 Å². The molecule has 13 heavy (non-hydrogen) atoms. The third-order valence-electron chi connectivity index (χ3n) is 1.55. The molecule has 0 unspecified atom stereocenters. The zero-order valence-electron chi connectivity index (χ0n) is 6.54. The van der Waals surface area contributed by atoms with Gasteiger partial charge < -0.3 is 0 Å². The van der Waals surface area contributed by atoms with E-state index in [1.165, 1.54) is 6.07 Å². The van der Waals surface area contributed by atoms with Crippen LogP contribution in [0.15, 0.2) is 16.6 Å². The molecule has 0 spiro atoms. The van der Waals surface area contributed by atoms with Crippen molar-refractivity contribution in [1.82, 2.24) is 0 Å². The first-order chi connectivity index (χ1) is 5.82. The van der Waals surface area contributed by atoms with E-state index in [2.05, 4.69) is 15.9 Å². The number of hydrogen-bond donors (Lipinski definition) is 0. The Morgan fingerprint density at radius 3 is 2.31 bits per heavy atom. The van der Waals surface area contributed by atoms with Crippen molar-refractivity contribution < 1.29 is 13.2 Å². The molecule has 0 saturated heterocycles. The molecule has 1 rings (SSSR count). The minimum atomic E-state index is -4.28. The highest BCUT2D eigenvalue weighted by atomic mass is 127. The fourth-order valence-corrected chi connectivity index (χ4v) is 2.34. The largest absolute Gasteiger partial charge is 0.417 e. The third-order valence-corrected chi connectivity index (χ3v) is 3.37. The van der Waals surface area contributed by atoms with E-state index in [9.17, 15) is 13.2 Å². The molecule has 0 aliphatic carbocycles. The van der Waals surface area contributed by atoms with Gasteiger partial charge in [0.2, 0.25) is 0 Å². The van der Waals surface area contributed by atoms with Gasteiger partial charge in [-0.2, -0.15) is 13.2 Å². The Morgan fingerprint density at radius 1 is 1.31 bits per heavy atom. The lowest BCUT2D eigenvalue weighted by Crippen LogP contribution is -2.06. The smallest absolute Gasteiger partial charge is 0.166 e. The van der Waals surface area contributed by atoms with Gasteiger partial charge in [0.05, 0.1) is 5.56 Å². The fourth-order valence-electron chi connectivity index (χ4n) is 0.874. The first kappa shape index (κ1) is 11.3. The van der Waals surface area contributed by atoms with Crippen LogP contribution in [0.1, 0.15) is 11.1 Å². The second-order valence-corrected chi connectivity index (χ2v) is 4.60. The summed E-state index contributed by atoms with van der Waals surface area (Å²) in [5.74, 6) is 0. The van der Waals surface area contributed by atoms with Gasteiger partial charge in [-0.05, 0) is 47.2 Å².